The number of aromatic nitrogens is 6. The molecule has 0 amide bonds. The molecule has 36 heavy (non-hydrogen) atoms. The second kappa shape index (κ2) is 9.99. The average molecular weight is 488 g/mol. The zero-order chi connectivity index (χ0) is 24.5. The van der Waals surface area contributed by atoms with Crippen molar-refractivity contribution in [2.45, 2.75) is 58.3 Å². The fourth-order valence-electron chi connectivity index (χ4n) is 5.35. The van der Waals surface area contributed by atoms with Gasteiger partial charge < -0.3 is 14.4 Å². The van der Waals surface area contributed by atoms with Crippen molar-refractivity contribution in [3.8, 4) is 22.6 Å². The zero-order valence-corrected chi connectivity index (χ0v) is 21.0. The molecule has 6 rings (SSSR count). The lowest BCUT2D eigenvalue weighted by atomic mass is 10.0. The van der Waals surface area contributed by atoms with Gasteiger partial charge >= 0.3 is 0 Å². The van der Waals surface area contributed by atoms with Gasteiger partial charge in [0.1, 0.15) is 17.0 Å². The van der Waals surface area contributed by atoms with Crippen LogP contribution in [-0.2, 0) is 16.0 Å². The van der Waals surface area contributed by atoms with E-state index in [1.54, 1.807) is 0 Å². The van der Waals surface area contributed by atoms with E-state index in [4.69, 9.17) is 19.4 Å². The Morgan fingerprint density at radius 3 is 2.75 bits per heavy atom. The van der Waals surface area contributed by atoms with Crippen LogP contribution in [0.1, 0.15) is 45.8 Å². The molecule has 9 nitrogen and oxygen atoms in total. The van der Waals surface area contributed by atoms with E-state index in [1.165, 1.54) is 0 Å². The number of fused-ring (bicyclic) bond motifs is 1. The highest BCUT2D eigenvalue weighted by atomic mass is 16.5. The molecular weight excluding hydrogens is 454 g/mol. The van der Waals surface area contributed by atoms with Crippen LogP contribution in [0.3, 0.4) is 0 Å². The predicted molar refractivity (Wildman–Crippen MR) is 139 cm³/mol. The van der Waals surface area contributed by atoms with Crippen molar-refractivity contribution in [1.82, 2.24) is 29.5 Å². The molecule has 6 heterocycles. The molecule has 2 aliphatic heterocycles. The number of rotatable bonds is 6. The zero-order valence-electron chi connectivity index (χ0n) is 21.0. The van der Waals surface area contributed by atoms with E-state index in [0.717, 1.165) is 84.7 Å². The number of anilines is 1. The molecular formula is C27H33N7O2. The van der Waals surface area contributed by atoms with Gasteiger partial charge in [-0.3, -0.25) is 9.67 Å². The van der Waals surface area contributed by atoms with Gasteiger partial charge in [0.2, 0.25) is 0 Å². The number of nitrogens with zero attached hydrogens (tertiary/aromatic N) is 7. The van der Waals surface area contributed by atoms with Crippen LogP contribution in [-0.4, -0.2) is 61.9 Å². The summed E-state index contributed by atoms with van der Waals surface area (Å²) in [6.07, 6.45) is 9.70. The molecule has 4 aromatic heterocycles. The van der Waals surface area contributed by atoms with Gasteiger partial charge in [0.15, 0.2) is 6.23 Å². The van der Waals surface area contributed by atoms with Crippen LogP contribution < -0.4 is 4.90 Å². The highest BCUT2D eigenvalue weighted by Crippen LogP contribution is 2.37. The molecule has 2 saturated heterocycles. The Labute approximate surface area is 211 Å². The van der Waals surface area contributed by atoms with E-state index in [9.17, 15) is 0 Å². The number of hydrogen-bond donors (Lipinski definition) is 0. The smallest absolute Gasteiger partial charge is 0.150 e. The lowest BCUT2D eigenvalue weighted by molar-refractivity contribution is -0.0383. The van der Waals surface area contributed by atoms with Gasteiger partial charge in [-0.1, -0.05) is 6.92 Å². The Morgan fingerprint density at radius 1 is 1.03 bits per heavy atom. The molecule has 0 radical (unpaired) electrons. The average Bonchev–Trinajstić information content (AvgIpc) is 3.59. The first-order chi connectivity index (χ1) is 17.7. The Hall–Kier alpha value is -3.30. The lowest BCUT2D eigenvalue weighted by Crippen LogP contribution is -2.44. The largest absolute Gasteiger partial charge is 0.377 e. The fourth-order valence-corrected chi connectivity index (χ4v) is 5.35. The number of pyridine rings is 2. The van der Waals surface area contributed by atoms with Crippen molar-refractivity contribution in [2.24, 2.45) is 0 Å². The fraction of sp³-hybridized carbons (Fsp3) is 0.481. The first-order valence-electron chi connectivity index (χ1n) is 13.1. The monoisotopic (exact) mass is 487 g/mol. The summed E-state index contributed by atoms with van der Waals surface area (Å²) in [5.74, 6) is 0.937. The van der Waals surface area contributed by atoms with E-state index in [2.05, 4.69) is 51.8 Å². The Bertz CT molecular complexity index is 1340. The molecule has 9 heteroatoms. The minimum Gasteiger partial charge on any atom is -0.377 e. The van der Waals surface area contributed by atoms with E-state index in [0.29, 0.717) is 13.2 Å². The summed E-state index contributed by atoms with van der Waals surface area (Å²) in [4.78, 5) is 12.4. The number of morpholine rings is 1. The Morgan fingerprint density at radius 2 is 1.92 bits per heavy atom. The lowest BCUT2D eigenvalue weighted by Gasteiger charge is -2.34. The number of ether oxygens (including phenoxy) is 2. The molecule has 0 bridgehead atoms. The standard InChI is InChI=1S/C27H33N7O2/c1-3-13-33-22(8-11-29-33)21-17-24(32-14-16-35-18-19(32)2)31-26-20(21)7-10-28-27(26)23-9-12-30-34(23)25-6-4-5-15-36-25/h7-12,17,19,25H,3-6,13-16,18H2,1-2H3. The van der Waals surface area contributed by atoms with Gasteiger partial charge in [-0.05, 0) is 56.9 Å². The molecule has 188 valence electrons. The Balaban J connectivity index is 1.56. The van der Waals surface area contributed by atoms with Crippen LogP contribution in [0.4, 0.5) is 5.82 Å². The van der Waals surface area contributed by atoms with Crippen LogP contribution in [0.5, 0.6) is 0 Å². The Kier molecular flexibility index (Phi) is 6.41. The highest BCUT2D eigenvalue weighted by Gasteiger charge is 2.26. The third-order valence-electron chi connectivity index (χ3n) is 7.15. The summed E-state index contributed by atoms with van der Waals surface area (Å²) < 4.78 is 15.9. The molecule has 2 fully saturated rings. The maximum absolute atomic E-state index is 6.07. The van der Waals surface area contributed by atoms with Crippen LogP contribution in [0.25, 0.3) is 33.5 Å². The quantitative estimate of drug-likeness (QED) is 0.390. The highest BCUT2D eigenvalue weighted by molar-refractivity contribution is 6.01. The van der Waals surface area contributed by atoms with E-state index in [1.807, 2.05) is 29.3 Å². The second-order valence-electron chi connectivity index (χ2n) is 9.62. The number of aryl methyl sites for hydroxylation is 1. The summed E-state index contributed by atoms with van der Waals surface area (Å²) in [6.45, 7) is 8.16. The SMILES string of the molecule is CCCn1nccc1-c1cc(N2CCOCC2C)nc2c(-c3ccnn3C3CCCCO3)nccc12. The molecule has 4 aromatic rings. The molecule has 0 aromatic carbocycles. The number of hydrogen-bond acceptors (Lipinski definition) is 7. The van der Waals surface area contributed by atoms with Crippen molar-refractivity contribution >= 4 is 16.7 Å². The minimum absolute atomic E-state index is 0.0753. The van der Waals surface area contributed by atoms with Crippen LogP contribution in [0.15, 0.2) is 42.9 Å². The topological polar surface area (TPSA) is 83.1 Å². The van der Waals surface area contributed by atoms with Crippen molar-refractivity contribution < 1.29 is 9.47 Å². The molecule has 2 aliphatic rings. The third kappa shape index (κ3) is 4.16. The summed E-state index contributed by atoms with van der Waals surface area (Å²) in [7, 11) is 0. The van der Waals surface area contributed by atoms with Gasteiger partial charge in [-0.25, -0.2) is 9.67 Å². The van der Waals surface area contributed by atoms with Crippen molar-refractivity contribution in [3.63, 3.8) is 0 Å². The van der Waals surface area contributed by atoms with Gasteiger partial charge in [0, 0.05) is 49.2 Å². The summed E-state index contributed by atoms with van der Waals surface area (Å²) in [5.41, 5.74) is 4.83. The van der Waals surface area contributed by atoms with E-state index < -0.39 is 0 Å². The second-order valence-corrected chi connectivity index (χ2v) is 9.62. The van der Waals surface area contributed by atoms with Crippen molar-refractivity contribution in [2.75, 3.05) is 31.3 Å². The summed E-state index contributed by atoms with van der Waals surface area (Å²) in [6, 6.07) is 8.62. The van der Waals surface area contributed by atoms with Gasteiger partial charge in [0.05, 0.1) is 30.6 Å². The summed E-state index contributed by atoms with van der Waals surface area (Å²) >= 11 is 0. The van der Waals surface area contributed by atoms with Crippen LogP contribution >= 0.6 is 0 Å². The first-order valence-corrected chi connectivity index (χ1v) is 13.1. The molecule has 0 spiro atoms. The third-order valence-corrected chi connectivity index (χ3v) is 7.15. The molecule has 2 unspecified atom stereocenters. The summed E-state index contributed by atoms with van der Waals surface area (Å²) in [5, 5.41) is 10.3. The normalized spacial score (nSPS) is 20.8. The van der Waals surface area contributed by atoms with Gasteiger partial charge in [0.25, 0.3) is 0 Å². The van der Waals surface area contributed by atoms with Crippen LogP contribution in [0.2, 0.25) is 0 Å². The van der Waals surface area contributed by atoms with Gasteiger partial charge in [-0.15, -0.1) is 0 Å². The van der Waals surface area contributed by atoms with Crippen LogP contribution in [0, 0.1) is 0 Å². The molecule has 0 N–H and O–H groups in total. The van der Waals surface area contributed by atoms with Crippen molar-refractivity contribution in [1.29, 1.82) is 0 Å². The van der Waals surface area contributed by atoms with Crippen molar-refractivity contribution in [3.05, 3.63) is 42.9 Å². The van der Waals surface area contributed by atoms with Gasteiger partial charge in [-0.2, -0.15) is 10.2 Å². The molecule has 2 atom stereocenters. The first kappa shape index (κ1) is 23.1. The van der Waals surface area contributed by atoms with E-state index in [-0.39, 0.29) is 12.3 Å². The predicted octanol–water partition coefficient (Wildman–Crippen LogP) is 4.69. The molecule has 0 saturated carbocycles. The maximum atomic E-state index is 6.07. The maximum Gasteiger partial charge on any atom is 0.150 e. The molecule has 0 aliphatic carbocycles. The minimum atomic E-state index is -0.0753. The van der Waals surface area contributed by atoms with E-state index >= 15 is 0 Å².